The Balaban J connectivity index is 1.99. The van der Waals surface area contributed by atoms with E-state index in [4.69, 9.17) is 4.74 Å². The van der Waals surface area contributed by atoms with Gasteiger partial charge in [0.2, 0.25) is 0 Å². The summed E-state index contributed by atoms with van der Waals surface area (Å²) in [7, 11) is 1.64. The van der Waals surface area contributed by atoms with Crippen LogP contribution in [0.1, 0.15) is 17.4 Å². The highest BCUT2D eigenvalue weighted by Crippen LogP contribution is 2.31. The molecule has 0 saturated heterocycles. The van der Waals surface area contributed by atoms with Crippen LogP contribution >= 0.6 is 0 Å². The molecule has 1 N–H and O–H groups in total. The summed E-state index contributed by atoms with van der Waals surface area (Å²) in [6, 6.07) is 13.2. The average molecular weight is 295 g/mol. The van der Waals surface area contributed by atoms with Crippen LogP contribution < -0.4 is 10.1 Å². The summed E-state index contributed by atoms with van der Waals surface area (Å²) in [5.41, 5.74) is 1.30. The number of aromatic nitrogens is 2. The molecule has 0 aliphatic rings. The standard InChI is InChI=1S/C17H17N3O2/c1-3-20-15(10-11-18-20)17(21)19-14-8-9-16(22-2)13-7-5-4-6-12(13)14/h4-11H,3H2,1-2H3,(H,19,21). The quantitative estimate of drug-likeness (QED) is 0.803. The van der Waals surface area contributed by atoms with Crippen LogP contribution in [-0.2, 0) is 6.54 Å². The number of methoxy groups -OCH3 is 1. The van der Waals surface area contributed by atoms with E-state index >= 15 is 0 Å². The number of fused-ring (bicyclic) bond motifs is 1. The van der Waals surface area contributed by atoms with Crippen molar-refractivity contribution in [3.05, 3.63) is 54.4 Å². The van der Waals surface area contributed by atoms with Gasteiger partial charge in [0, 0.05) is 29.2 Å². The predicted octanol–water partition coefficient (Wildman–Crippen LogP) is 3.32. The second kappa shape index (κ2) is 5.89. The molecule has 1 aromatic heterocycles. The lowest BCUT2D eigenvalue weighted by atomic mass is 10.1. The van der Waals surface area contributed by atoms with Crippen molar-refractivity contribution in [1.29, 1.82) is 0 Å². The van der Waals surface area contributed by atoms with Gasteiger partial charge in [-0.15, -0.1) is 0 Å². The van der Waals surface area contributed by atoms with Gasteiger partial charge in [-0.05, 0) is 25.1 Å². The molecule has 5 nitrogen and oxygen atoms in total. The Labute approximate surface area is 128 Å². The van der Waals surface area contributed by atoms with Gasteiger partial charge in [0.25, 0.3) is 5.91 Å². The number of nitrogens with one attached hydrogen (secondary N) is 1. The van der Waals surface area contributed by atoms with Crippen LogP contribution in [0.15, 0.2) is 48.7 Å². The second-order valence-corrected chi connectivity index (χ2v) is 4.85. The fraction of sp³-hybridized carbons (Fsp3) is 0.176. The molecule has 112 valence electrons. The lowest BCUT2D eigenvalue weighted by molar-refractivity contribution is 0.101. The molecule has 1 amide bonds. The fourth-order valence-electron chi connectivity index (χ4n) is 2.52. The smallest absolute Gasteiger partial charge is 0.273 e. The number of hydrogen-bond donors (Lipinski definition) is 1. The van der Waals surface area contributed by atoms with E-state index in [2.05, 4.69) is 10.4 Å². The summed E-state index contributed by atoms with van der Waals surface area (Å²) in [6.07, 6.45) is 1.63. The average Bonchev–Trinajstić information content (AvgIpc) is 3.04. The van der Waals surface area contributed by atoms with Gasteiger partial charge < -0.3 is 10.1 Å². The van der Waals surface area contributed by atoms with Crippen molar-refractivity contribution in [3.8, 4) is 5.75 Å². The summed E-state index contributed by atoms with van der Waals surface area (Å²) in [4.78, 5) is 12.4. The van der Waals surface area contributed by atoms with E-state index in [1.165, 1.54) is 0 Å². The molecule has 0 aliphatic heterocycles. The minimum absolute atomic E-state index is 0.172. The number of anilines is 1. The number of aryl methyl sites for hydroxylation is 1. The summed E-state index contributed by atoms with van der Waals surface area (Å²) >= 11 is 0. The van der Waals surface area contributed by atoms with Gasteiger partial charge >= 0.3 is 0 Å². The van der Waals surface area contributed by atoms with Crippen LogP contribution in [0, 0.1) is 0 Å². The number of benzene rings is 2. The van der Waals surface area contributed by atoms with Gasteiger partial charge in [0.05, 0.1) is 7.11 Å². The number of nitrogens with zero attached hydrogens (tertiary/aromatic N) is 2. The van der Waals surface area contributed by atoms with Crippen LogP contribution in [0.3, 0.4) is 0 Å². The maximum Gasteiger partial charge on any atom is 0.273 e. The molecule has 5 heteroatoms. The zero-order chi connectivity index (χ0) is 15.5. The predicted molar refractivity (Wildman–Crippen MR) is 86.4 cm³/mol. The van der Waals surface area contributed by atoms with E-state index in [-0.39, 0.29) is 5.91 Å². The van der Waals surface area contributed by atoms with Crippen molar-refractivity contribution in [2.45, 2.75) is 13.5 Å². The number of hydrogen-bond acceptors (Lipinski definition) is 3. The van der Waals surface area contributed by atoms with E-state index in [0.717, 1.165) is 22.2 Å². The van der Waals surface area contributed by atoms with Gasteiger partial charge in [0.15, 0.2) is 0 Å². The van der Waals surface area contributed by atoms with Crippen LogP contribution in [0.25, 0.3) is 10.8 Å². The zero-order valence-corrected chi connectivity index (χ0v) is 12.5. The lowest BCUT2D eigenvalue weighted by Crippen LogP contribution is -2.17. The first-order chi connectivity index (χ1) is 10.7. The third-order valence-corrected chi connectivity index (χ3v) is 3.60. The molecule has 0 unspecified atom stereocenters. The first-order valence-corrected chi connectivity index (χ1v) is 7.13. The molecule has 3 rings (SSSR count). The molecule has 1 heterocycles. The highest BCUT2D eigenvalue weighted by atomic mass is 16.5. The Bertz CT molecular complexity index is 824. The van der Waals surface area contributed by atoms with E-state index < -0.39 is 0 Å². The molecule has 0 aliphatic carbocycles. The van der Waals surface area contributed by atoms with Crippen molar-refractivity contribution in [3.63, 3.8) is 0 Å². The second-order valence-electron chi connectivity index (χ2n) is 4.85. The fourth-order valence-corrected chi connectivity index (χ4v) is 2.52. The lowest BCUT2D eigenvalue weighted by Gasteiger charge is -2.12. The maximum absolute atomic E-state index is 12.4. The van der Waals surface area contributed by atoms with E-state index in [1.807, 2.05) is 43.3 Å². The van der Waals surface area contributed by atoms with Gasteiger partial charge in [-0.3, -0.25) is 9.48 Å². The van der Waals surface area contributed by atoms with E-state index in [9.17, 15) is 4.79 Å². The maximum atomic E-state index is 12.4. The number of ether oxygens (including phenoxy) is 1. The molecule has 0 radical (unpaired) electrons. The monoisotopic (exact) mass is 295 g/mol. The molecule has 3 aromatic rings. The number of carbonyl (C=O) groups excluding carboxylic acids is 1. The molecular weight excluding hydrogens is 278 g/mol. The third kappa shape index (κ3) is 2.41. The molecule has 2 aromatic carbocycles. The Kier molecular flexibility index (Phi) is 3.78. The molecule has 0 bridgehead atoms. The third-order valence-electron chi connectivity index (χ3n) is 3.60. The first-order valence-electron chi connectivity index (χ1n) is 7.13. The van der Waals surface area contributed by atoms with Crippen molar-refractivity contribution >= 4 is 22.4 Å². The number of carbonyl (C=O) groups is 1. The summed E-state index contributed by atoms with van der Waals surface area (Å²) in [5, 5.41) is 8.99. The van der Waals surface area contributed by atoms with Gasteiger partial charge in [-0.1, -0.05) is 24.3 Å². The minimum atomic E-state index is -0.172. The van der Waals surface area contributed by atoms with Crippen LogP contribution in [0.4, 0.5) is 5.69 Å². The van der Waals surface area contributed by atoms with Crippen molar-refractivity contribution in [2.24, 2.45) is 0 Å². The zero-order valence-electron chi connectivity index (χ0n) is 12.5. The normalized spacial score (nSPS) is 10.6. The van der Waals surface area contributed by atoms with Gasteiger partial charge in [-0.25, -0.2) is 0 Å². The topological polar surface area (TPSA) is 56.2 Å². The number of rotatable bonds is 4. The summed E-state index contributed by atoms with van der Waals surface area (Å²) in [6.45, 7) is 2.60. The SMILES string of the molecule is CCn1nccc1C(=O)Nc1ccc(OC)c2ccccc12. The first kappa shape index (κ1) is 14.1. The molecule has 22 heavy (non-hydrogen) atoms. The van der Waals surface area contributed by atoms with Crippen molar-refractivity contribution in [1.82, 2.24) is 9.78 Å². The number of amides is 1. The Hall–Kier alpha value is -2.82. The Morgan fingerprint density at radius 2 is 1.95 bits per heavy atom. The highest BCUT2D eigenvalue weighted by Gasteiger charge is 2.13. The minimum Gasteiger partial charge on any atom is -0.496 e. The molecule has 0 spiro atoms. The highest BCUT2D eigenvalue weighted by molar-refractivity contribution is 6.09. The van der Waals surface area contributed by atoms with E-state index in [0.29, 0.717) is 12.2 Å². The Morgan fingerprint density at radius 1 is 1.18 bits per heavy atom. The van der Waals surface area contributed by atoms with Gasteiger partial charge in [-0.2, -0.15) is 5.10 Å². The molecule has 0 fully saturated rings. The molecular formula is C17H17N3O2. The summed E-state index contributed by atoms with van der Waals surface area (Å²) < 4.78 is 7.04. The van der Waals surface area contributed by atoms with Crippen LogP contribution in [0.5, 0.6) is 5.75 Å². The van der Waals surface area contributed by atoms with E-state index in [1.54, 1.807) is 24.1 Å². The van der Waals surface area contributed by atoms with Crippen LogP contribution in [0.2, 0.25) is 0 Å². The Morgan fingerprint density at radius 3 is 2.68 bits per heavy atom. The van der Waals surface area contributed by atoms with Crippen molar-refractivity contribution < 1.29 is 9.53 Å². The largest absolute Gasteiger partial charge is 0.496 e. The molecule has 0 saturated carbocycles. The summed E-state index contributed by atoms with van der Waals surface area (Å²) in [5.74, 6) is 0.613. The van der Waals surface area contributed by atoms with Crippen molar-refractivity contribution in [2.75, 3.05) is 12.4 Å². The molecule has 0 atom stereocenters. The van der Waals surface area contributed by atoms with Crippen LogP contribution in [-0.4, -0.2) is 22.8 Å². The van der Waals surface area contributed by atoms with Gasteiger partial charge in [0.1, 0.15) is 11.4 Å².